The van der Waals surface area contributed by atoms with E-state index < -0.39 is 29.1 Å². The van der Waals surface area contributed by atoms with E-state index in [4.69, 9.17) is 5.11 Å². The second-order valence-corrected chi connectivity index (χ2v) is 4.08. The molecule has 1 aromatic carbocycles. The van der Waals surface area contributed by atoms with E-state index in [9.17, 15) is 18.4 Å². The summed E-state index contributed by atoms with van der Waals surface area (Å²) in [6.45, 7) is 0. The molecule has 0 unspecified atom stereocenters. The summed E-state index contributed by atoms with van der Waals surface area (Å²) >= 11 is 0.961. The molecule has 4 nitrogen and oxygen atoms in total. The molecule has 2 rings (SSSR count). The van der Waals surface area contributed by atoms with Crippen LogP contribution in [0.2, 0.25) is 0 Å². The second kappa shape index (κ2) is 3.75. The Balaban J connectivity index is 2.65. The van der Waals surface area contributed by atoms with Gasteiger partial charge in [0.05, 0.1) is 11.4 Å². The van der Waals surface area contributed by atoms with Crippen molar-refractivity contribution in [1.82, 2.24) is 0 Å². The molecule has 1 aliphatic rings. The van der Waals surface area contributed by atoms with E-state index in [1.54, 1.807) is 0 Å². The molecule has 0 spiro atoms. The van der Waals surface area contributed by atoms with Gasteiger partial charge >= 0.3 is 5.97 Å². The van der Waals surface area contributed by atoms with E-state index in [2.05, 4.69) is 5.32 Å². The molecule has 84 valence electrons. The van der Waals surface area contributed by atoms with Crippen LogP contribution >= 0.6 is 11.8 Å². The van der Waals surface area contributed by atoms with E-state index in [1.807, 2.05) is 0 Å². The highest BCUT2D eigenvalue weighted by atomic mass is 32.2. The van der Waals surface area contributed by atoms with E-state index in [0.717, 1.165) is 17.8 Å². The number of aromatic carboxylic acids is 1. The van der Waals surface area contributed by atoms with Crippen molar-refractivity contribution in [3.8, 4) is 0 Å². The van der Waals surface area contributed by atoms with Gasteiger partial charge in [0.25, 0.3) is 0 Å². The van der Waals surface area contributed by atoms with Crippen LogP contribution in [0, 0.1) is 11.6 Å². The maximum absolute atomic E-state index is 13.6. The number of rotatable bonds is 1. The maximum Gasteiger partial charge on any atom is 0.341 e. The van der Waals surface area contributed by atoms with Gasteiger partial charge in [-0.15, -0.1) is 11.8 Å². The Labute approximate surface area is 92.6 Å². The number of carbonyl (C=O) groups excluding carboxylic acids is 1. The van der Waals surface area contributed by atoms with Gasteiger partial charge < -0.3 is 10.4 Å². The molecule has 1 amide bonds. The fraction of sp³-hybridized carbons (Fsp3) is 0.111. The molecule has 0 aromatic heterocycles. The van der Waals surface area contributed by atoms with Gasteiger partial charge in [0, 0.05) is 4.90 Å². The summed E-state index contributed by atoms with van der Waals surface area (Å²) < 4.78 is 26.8. The first-order valence-electron chi connectivity index (χ1n) is 4.18. The van der Waals surface area contributed by atoms with Gasteiger partial charge in [0.2, 0.25) is 5.91 Å². The standard InChI is InChI=1S/C9H5F2NO3S/c10-3-1-4-8(12-5(13)2-16-4)7(11)6(3)9(14)15/h1H,2H2,(H,12,13)(H,14,15). The topological polar surface area (TPSA) is 66.4 Å². The third-order valence-electron chi connectivity index (χ3n) is 2.02. The zero-order valence-electron chi connectivity index (χ0n) is 7.71. The first-order chi connectivity index (χ1) is 7.50. The third-order valence-corrected chi connectivity index (χ3v) is 3.06. The number of anilines is 1. The van der Waals surface area contributed by atoms with Crippen LogP contribution in [-0.4, -0.2) is 22.7 Å². The van der Waals surface area contributed by atoms with Gasteiger partial charge in [-0.1, -0.05) is 0 Å². The number of carboxylic acids is 1. The van der Waals surface area contributed by atoms with Crippen LogP contribution in [0.4, 0.5) is 14.5 Å². The molecular weight excluding hydrogens is 240 g/mol. The van der Waals surface area contributed by atoms with Crippen molar-refractivity contribution in [2.24, 2.45) is 0 Å². The van der Waals surface area contributed by atoms with Crippen LogP contribution in [0.5, 0.6) is 0 Å². The molecule has 0 bridgehead atoms. The largest absolute Gasteiger partial charge is 0.477 e. The summed E-state index contributed by atoms with van der Waals surface area (Å²) in [5.41, 5.74) is -1.32. The highest BCUT2D eigenvalue weighted by molar-refractivity contribution is 8.00. The molecule has 0 aliphatic carbocycles. The minimum absolute atomic E-state index is 0.0539. The molecule has 0 saturated carbocycles. The number of nitrogens with one attached hydrogen (secondary N) is 1. The number of amides is 1. The summed E-state index contributed by atoms with van der Waals surface area (Å²) in [5.74, 6) is -4.49. The Morgan fingerprint density at radius 1 is 1.50 bits per heavy atom. The number of benzene rings is 1. The fourth-order valence-electron chi connectivity index (χ4n) is 1.34. The lowest BCUT2D eigenvalue weighted by molar-refractivity contribution is -0.113. The summed E-state index contributed by atoms with van der Waals surface area (Å²) in [7, 11) is 0. The first-order valence-corrected chi connectivity index (χ1v) is 5.17. The SMILES string of the molecule is O=C1CSc2cc(F)c(C(=O)O)c(F)c2N1. The monoisotopic (exact) mass is 245 g/mol. The molecular formula is C9H5F2NO3S. The second-order valence-electron chi connectivity index (χ2n) is 3.06. The van der Waals surface area contributed by atoms with Crippen LogP contribution < -0.4 is 5.32 Å². The maximum atomic E-state index is 13.6. The summed E-state index contributed by atoms with van der Waals surface area (Å²) in [4.78, 5) is 21.8. The minimum atomic E-state index is -1.71. The van der Waals surface area contributed by atoms with Crippen molar-refractivity contribution >= 4 is 29.3 Å². The van der Waals surface area contributed by atoms with Crippen LogP contribution in [0.25, 0.3) is 0 Å². The first kappa shape index (κ1) is 10.9. The molecule has 0 radical (unpaired) electrons. The molecule has 0 saturated heterocycles. The number of carboxylic acid groups (broad SMARTS) is 1. The van der Waals surface area contributed by atoms with Crippen LogP contribution in [0.3, 0.4) is 0 Å². The summed E-state index contributed by atoms with van der Waals surface area (Å²) in [6.07, 6.45) is 0. The highest BCUT2D eigenvalue weighted by Crippen LogP contribution is 2.36. The van der Waals surface area contributed by atoms with Gasteiger partial charge in [-0.25, -0.2) is 13.6 Å². The van der Waals surface area contributed by atoms with E-state index >= 15 is 0 Å². The zero-order valence-corrected chi connectivity index (χ0v) is 8.53. The molecule has 0 fully saturated rings. The Hall–Kier alpha value is -1.63. The van der Waals surface area contributed by atoms with Crippen LogP contribution in [-0.2, 0) is 4.79 Å². The molecule has 0 atom stereocenters. The molecule has 1 aromatic rings. The smallest absolute Gasteiger partial charge is 0.341 e. The lowest BCUT2D eigenvalue weighted by Crippen LogP contribution is -2.21. The number of hydrogen-bond acceptors (Lipinski definition) is 3. The van der Waals surface area contributed by atoms with Crippen molar-refractivity contribution in [3.63, 3.8) is 0 Å². The Morgan fingerprint density at radius 3 is 2.81 bits per heavy atom. The van der Waals surface area contributed by atoms with Crippen LogP contribution in [0.15, 0.2) is 11.0 Å². The van der Waals surface area contributed by atoms with Gasteiger partial charge in [-0.3, -0.25) is 4.79 Å². The molecule has 1 aliphatic heterocycles. The van der Waals surface area contributed by atoms with Crippen molar-refractivity contribution < 1.29 is 23.5 Å². The third kappa shape index (κ3) is 1.63. The molecule has 7 heteroatoms. The van der Waals surface area contributed by atoms with E-state index in [0.29, 0.717) is 0 Å². The predicted octanol–water partition coefficient (Wildman–Crippen LogP) is 1.71. The lowest BCUT2D eigenvalue weighted by atomic mass is 10.1. The van der Waals surface area contributed by atoms with Crippen molar-refractivity contribution in [2.45, 2.75) is 4.90 Å². The average Bonchev–Trinajstić information content (AvgIpc) is 2.19. The predicted molar refractivity (Wildman–Crippen MR) is 52.7 cm³/mol. The number of carbonyl (C=O) groups is 2. The van der Waals surface area contributed by atoms with E-state index in [1.165, 1.54) is 0 Å². The molecule has 16 heavy (non-hydrogen) atoms. The fourth-order valence-corrected chi connectivity index (χ4v) is 2.17. The summed E-state index contributed by atoms with van der Waals surface area (Å²) in [5, 5.41) is 10.8. The Bertz CT molecular complexity index is 504. The Kier molecular flexibility index (Phi) is 2.55. The Morgan fingerprint density at radius 2 is 2.19 bits per heavy atom. The lowest BCUT2D eigenvalue weighted by Gasteiger charge is -2.17. The van der Waals surface area contributed by atoms with E-state index in [-0.39, 0.29) is 16.3 Å². The normalized spacial score (nSPS) is 14.2. The van der Waals surface area contributed by atoms with Gasteiger partial charge in [0.15, 0.2) is 5.82 Å². The summed E-state index contributed by atoms with van der Waals surface area (Å²) in [6, 6.07) is 0.909. The van der Waals surface area contributed by atoms with Crippen LogP contribution in [0.1, 0.15) is 10.4 Å². The van der Waals surface area contributed by atoms with Gasteiger partial charge in [-0.05, 0) is 6.07 Å². The quantitative estimate of drug-likeness (QED) is 0.790. The van der Waals surface area contributed by atoms with Gasteiger partial charge in [0.1, 0.15) is 11.4 Å². The zero-order chi connectivity index (χ0) is 11.9. The number of hydrogen-bond donors (Lipinski definition) is 2. The number of fused-ring (bicyclic) bond motifs is 1. The molecule has 1 heterocycles. The van der Waals surface area contributed by atoms with Crippen molar-refractivity contribution in [2.75, 3.05) is 11.1 Å². The minimum Gasteiger partial charge on any atom is -0.477 e. The van der Waals surface area contributed by atoms with Gasteiger partial charge in [-0.2, -0.15) is 0 Å². The number of thioether (sulfide) groups is 1. The van der Waals surface area contributed by atoms with Crippen molar-refractivity contribution in [3.05, 3.63) is 23.3 Å². The van der Waals surface area contributed by atoms with Crippen molar-refractivity contribution in [1.29, 1.82) is 0 Å². The molecule has 2 N–H and O–H groups in total. The highest BCUT2D eigenvalue weighted by Gasteiger charge is 2.27. The number of halogens is 2. The average molecular weight is 245 g/mol.